The van der Waals surface area contributed by atoms with E-state index in [1.54, 1.807) is 36.9 Å². The van der Waals surface area contributed by atoms with Crippen molar-refractivity contribution in [2.24, 2.45) is 5.73 Å². The summed E-state index contributed by atoms with van der Waals surface area (Å²) in [5.41, 5.74) is 9.00. The van der Waals surface area contributed by atoms with Gasteiger partial charge in [0.25, 0.3) is 0 Å². The quantitative estimate of drug-likeness (QED) is 0.486. The molecule has 4 rings (SSSR count). The minimum Gasteiger partial charge on any atom is -0.497 e. The number of aromatic nitrogens is 2. The number of hydrogen-bond acceptors (Lipinski definition) is 6. The Morgan fingerprint density at radius 2 is 1.79 bits per heavy atom. The molecule has 0 atom stereocenters. The van der Waals surface area contributed by atoms with Crippen molar-refractivity contribution in [1.29, 1.82) is 0 Å². The van der Waals surface area contributed by atoms with Crippen molar-refractivity contribution in [1.82, 2.24) is 9.97 Å². The number of ether oxygens (including phenoxy) is 1. The normalized spacial score (nSPS) is 10.8. The van der Waals surface area contributed by atoms with Gasteiger partial charge in [-0.15, -0.1) is 11.3 Å². The fraction of sp³-hybridized carbons (Fsp3) is 0.136. The number of hydrogen-bond donors (Lipinski definition) is 2. The second-order valence-corrected chi connectivity index (χ2v) is 7.73. The van der Waals surface area contributed by atoms with Crippen LogP contribution in [0.2, 0.25) is 0 Å². The van der Waals surface area contributed by atoms with E-state index < -0.39 is 5.91 Å². The molecular formula is C22H20N4O2S. The third-order valence-corrected chi connectivity index (χ3v) is 5.73. The topological polar surface area (TPSA) is 90.1 Å². The Bertz CT molecular complexity index is 1140. The summed E-state index contributed by atoms with van der Waals surface area (Å²) in [7, 11) is 1.66. The molecule has 29 heavy (non-hydrogen) atoms. The van der Waals surface area contributed by atoms with Gasteiger partial charge in [-0.3, -0.25) is 4.79 Å². The molecule has 2 heterocycles. The lowest BCUT2D eigenvalue weighted by Gasteiger charge is -2.07. The first-order chi connectivity index (χ1) is 14.1. The Labute approximate surface area is 172 Å². The first kappa shape index (κ1) is 18.9. The van der Waals surface area contributed by atoms with Crippen LogP contribution in [0.15, 0.2) is 60.9 Å². The predicted octanol–water partition coefficient (Wildman–Crippen LogP) is 4.00. The van der Waals surface area contributed by atoms with Gasteiger partial charge in [-0.25, -0.2) is 9.97 Å². The third-order valence-electron chi connectivity index (χ3n) is 4.60. The molecule has 0 aliphatic carbocycles. The van der Waals surface area contributed by atoms with Gasteiger partial charge in [-0.2, -0.15) is 0 Å². The Balaban J connectivity index is 1.50. The van der Waals surface area contributed by atoms with Crippen LogP contribution in [0.3, 0.4) is 0 Å². The third kappa shape index (κ3) is 4.35. The van der Waals surface area contributed by atoms with Crippen molar-refractivity contribution >= 4 is 33.3 Å². The van der Waals surface area contributed by atoms with E-state index in [1.165, 1.54) is 4.88 Å². The fourth-order valence-electron chi connectivity index (χ4n) is 3.03. The van der Waals surface area contributed by atoms with Crippen molar-refractivity contribution in [3.05, 3.63) is 82.5 Å². The molecule has 0 unspecified atom stereocenters. The second-order valence-electron chi connectivity index (χ2n) is 6.59. The number of nitrogens with two attached hydrogens (primary N) is 1. The van der Waals surface area contributed by atoms with E-state index in [0.717, 1.165) is 39.3 Å². The fourth-order valence-corrected chi connectivity index (χ4v) is 4.14. The van der Waals surface area contributed by atoms with Gasteiger partial charge >= 0.3 is 0 Å². The van der Waals surface area contributed by atoms with Crippen LogP contribution >= 0.6 is 11.3 Å². The van der Waals surface area contributed by atoms with Crippen LogP contribution in [-0.4, -0.2) is 23.0 Å². The number of rotatable bonds is 7. The van der Waals surface area contributed by atoms with Crippen LogP contribution in [0.4, 0.5) is 5.82 Å². The smallest absolute Gasteiger partial charge is 0.248 e. The Morgan fingerprint density at radius 1 is 1.07 bits per heavy atom. The minimum atomic E-state index is -0.415. The molecule has 0 radical (unpaired) electrons. The van der Waals surface area contributed by atoms with E-state index in [0.29, 0.717) is 12.1 Å². The highest BCUT2D eigenvalue weighted by atomic mass is 32.1. The lowest BCUT2D eigenvalue weighted by Crippen LogP contribution is -2.10. The number of fused-ring (bicyclic) bond motifs is 1. The summed E-state index contributed by atoms with van der Waals surface area (Å²) in [5, 5.41) is 3.41. The largest absolute Gasteiger partial charge is 0.497 e. The molecule has 0 saturated carbocycles. The van der Waals surface area contributed by atoms with Gasteiger partial charge in [0.15, 0.2) is 0 Å². The maximum atomic E-state index is 11.2. The summed E-state index contributed by atoms with van der Waals surface area (Å²) in [6.45, 7) is 0.665. The van der Waals surface area contributed by atoms with Crippen LogP contribution in [-0.2, 0) is 13.0 Å². The molecule has 2 aromatic heterocycles. The van der Waals surface area contributed by atoms with Crippen LogP contribution in [0.1, 0.15) is 26.4 Å². The van der Waals surface area contributed by atoms with Gasteiger partial charge in [-0.1, -0.05) is 24.3 Å². The zero-order valence-electron chi connectivity index (χ0n) is 15.9. The highest BCUT2D eigenvalue weighted by molar-refractivity contribution is 7.19. The zero-order chi connectivity index (χ0) is 20.2. The summed E-state index contributed by atoms with van der Waals surface area (Å²) in [4.78, 5) is 21.2. The minimum absolute atomic E-state index is 0.415. The van der Waals surface area contributed by atoms with Gasteiger partial charge in [0, 0.05) is 23.4 Å². The van der Waals surface area contributed by atoms with E-state index in [9.17, 15) is 4.79 Å². The molecule has 7 heteroatoms. The van der Waals surface area contributed by atoms with Crippen molar-refractivity contribution in [2.75, 3.05) is 12.4 Å². The molecule has 0 aliphatic heterocycles. The predicted molar refractivity (Wildman–Crippen MR) is 116 cm³/mol. The Morgan fingerprint density at radius 3 is 2.48 bits per heavy atom. The molecule has 3 N–H and O–H groups in total. The number of thiophene rings is 1. The summed E-state index contributed by atoms with van der Waals surface area (Å²) in [6, 6.07) is 17.4. The van der Waals surface area contributed by atoms with Crippen LogP contribution in [0, 0.1) is 0 Å². The van der Waals surface area contributed by atoms with E-state index in [4.69, 9.17) is 10.5 Å². The SMILES string of the molecule is COc1ccc(CNc2ncnc3cc(Cc4ccc(C(N)=O)cc4)sc23)cc1. The number of primary amides is 1. The number of amides is 1. The van der Waals surface area contributed by atoms with Crippen molar-refractivity contribution in [3.8, 4) is 5.75 Å². The number of nitrogens with one attached hydrogen (secondary N) is 1. The molecule has 4 aromatic rings. The van der Waals surface area contributed by atoms with Gasteiger partial charge in [0.2, 0.25) is 5.91 Å². The molecule has 0 fully saturated rings. The Hall–Kier alpha value is -3.45. The van der Waals surface area contributed by atoms with Crippen LogP contribution < -0.4 is 15.8 Å². The molecule has 146 valence electrons. The Kier molecular flexibility index (Phi) is 5.39. The lowest BCUT2D eigenvalue weighted by molar-refractivity contribution is 0.100. The molecule has 1 amide bonds. The van der Waals surface area contributed by atoms with E-state index in [1.807, 2.05) is 36.4 Å². The van der Waals surface area contributed by atoms with E-state index in [2.05, 4.69) is 21.4 Å². The zero-order valence-corrected chi connectivity index (χ0v) is 16.7. The number of anilines is 1. The van der Waals surface area contributed by atoms with Crippen molar-refractivity contribution in [3.63, 3.8) is 0 Å². The van der Waals surface area contributed by atoms with Gasteiger partial charge in [-0.05, 0) is 41.5 Å². The second kappa shape index (κ2) is 8.28. The first-order valence-electron chi connectivity index (χ1n) is 9.11. The number of methoxy groups -OCH3 is 1. The molecule has 2 aromatic carbocycles. The van der Waals surface area contributed by atoms with Crippen molar-refractivity contribution < 1.29 is 9.53 Å². The molecule has 6 nitrogen and oxygen atoms in total. The average Bonchev–Trinajstić information content (AvgIpc) is 3.16. The summed E-state index contributed by atoms with van der Waals surface area (Å²) in [6.07, 6.45) is 2.34. The standard InChI is InChI=1S/C22H20N4O2S/c1-28-17-8-4-15(5-9-17)12-24-22-20-19(25-13-26-22)11-18(29-20)10-14-2-6-16(7-3-14)21(23)27/h2-9,11,13H,10,12H2,1H3,(H2,23,27)(H,24,25,26). The monoisotopic (exact) mass is 404 g/mol. The molecular weight excluding hydrogens is 384 g/mol. The summed E-state index contributed by atoms with van der Waals surface area (Å²) < 4.78 is 6.23. The maximum absolute atomic E-state index is 11.2. The first-order valence-corrected chi connectivity index (χ1v) is 9.93. The number of benzene rings is 2. The van der Waals surface area contributed by atoms with Crippen LogP contribution in [0.5, 0.6) is 5.75 Å². The summed E-state index contributed by atoms with van der Waals surface area (Å²) in [5.74, 6) is 1.25. The van der Waals surface area contributed by atoms with E-state index in [-0.39, 0.29) is 0 Å². The maximum Gasteiger partial charge on any atom is 0.248 e. The number of carbonyl (C=O) groups excluding carboxylic acids is 1. The number of nitrogens with zero attached hydrogens (tertiary/aromatic N) is 2. The molecule has 0 bridgehead atoms. The molecule has 0 saturated heterocycles. The van der Waals surface area contributed by atoms with E-state index >= 15 is 0 Å². The van der Waals surface area contributed by atoms with Gasteiger partial charge in [0.1, 0.15) is 17.9 Å². The summed E-state index contributed by atoms with van der Waals surface area (Å²) >= 11 is 1.67. The highest BCUT2D eigenvalue weighted by Gasteiger charge is 2.10. The van der Waals surface area contributed by atoms with Crippen LogP contribution in [0.25, 0.3) is 10.2 Å². The molecule has 0 spiro atoms. The van der Waals surface area contributed by atoms with Gasteiger partial charge in [0.05, 0.1) is 17.3 Å². The van der Waals surface area contributed by atoms with Gasteiger partial charge < -0.3 is 15.8 Å². The lowest BCUT2D eigenvalue weighted by atomic mass is 10.1. The van der Waals surface area contributed by atoms with Crippen molar-refractivity contribution in [2.45, 2.75) is 13.0 Å². The average molecular weight is 404 g/mol. The highest BCUT2D eigenvalue weighted by Crippen LogP contribution is 2.31. The number of carbonyl (C=O) groups is 1. The molecule has 0 aliphatic rings.